The van der Waals surface area contributed by atoms with E-state index in [0.717, 1.165) is 27.6 Å². The fraction of sp³-hybridized carbons (Fsp3) is 0.154. The van der Waals surface area contributed by atoms with E-state index >= 15 is 0 Å². The molecule has 31 heavy (non-hydrogen) atoms. The highest BCUT2D eigenvalue weighted by Crippen LogP contribution is 2.29. The van der Waals surface area contributed by atoms with Crippen LogP contribution < -0.4 is 10.3 Å². The van der Waals surface area contributed by atoms with E-state index in [-0.39, 0.29) is 11.7 Å². The van der Waals surface area contributed by atoms with Gasteiger partial charge in [-0.15, -0.1) is 0 Å². The number of benzene rings is 3. The van der Waals surface area contributed by atoms with E-state index in [2.05, 4.69) is 30.1 Å². The van der Waals surface area contributed by atoms with Crippen molar-refractivity contribution in [3.63, 3.8) is 0 Å². The average molecular weight is 410 g/mol. The summed E-state index contributed by atoms with van der Waals surface area (Å²) in [5.74, 6) is 0.491. The summed E-state index contributed by atoms with van der Waals surface area (Å²) in [6, 6.07) is 19.4. The molecule has 1 aliphatic heterocycles. The number of rotatable bonds is 2. The molecule has 0 radical (unpaired) electrons. The molecule has 1 amide bonds. The number of nitrogens with one attached hydrogen (secondary N) is 1. The molecule has 0 unspecified atom stereocenters. The van der Waals surface area contributed by atoms with Gasteiger partial charge in [0, 0.05) is 30.2 Å². The lowest BCUT2D eigenvalue weighted by molar-refractivity contribution is 0.152. The summed E-state index contributed by atoms with van der Waals surface area (Å²) in [7, 11) is 0. The molecule has 0 spiro atoms. The lowest BCUT2D eigenvalue weighted by atomic mass is 9.99. The number of aromatic amines is 1. The first-order chi connectivity index (χ1) is 15.0. The Morgan fingerprint density at radius 2 is 1.58 bits per heavy atom. The molecule has 5 heteroatoms. The molecule has 2 heterocycles. The minimum absolute atomic E-state index is 0.105. The normalized spacial score (nSPS) is 12.8. The zero-order valence-corrected chi connectivity index (χ0v) is 17.4. The number of fused-ring (bicyclic) bond motifs is 2. The van der Waals surface area contributed by atoms with Crippen LogP contribution in [-0.2, 0) is 13.1 Å². The Labute approximate surface area is 179 Å². The second-order valence-corrected chi connectivity index (χ2v) is 8.10. The highest BCUT2D eigenvalue weighted by atomic mass is 16.6. The minimum atomic E-state index is -0.355. The predicted molar refractivity (Wildman–Crippen MR) is 121 cm³/mol. The van der Waals surface area contributed by atoms with Gasteiger partial charge in [-0.2, -0.15) is 0 Å². The molecule has 5 nitrogen and oxygen atoms in total. The Hall–Kier alpha value is -3.86. The number of pyridine rings is 1. The third-order valence-electron chi connectivity index (χ3n) is 5.77. The molecule has 0 fully saturated rings. The fourth-order valence-corrected chi connectivity index (χ4v) is 4.13. The summed E-state index contributed by atoms with van der Waals surface area (Å²) in [5, 5.41) is 1.56. The average Bonchev–Trinajstić information content (AvgIpc) is 3.18. The quantitative estimate of drug-likeness (QED) is 0.486. The number of nitrogens with zero attached hydrogens (tertiary/aromatic N) is 1. The summed E-state index contributed by atoms with van der Waals surface area (Å²) in [6.45, 7) is 5.19. The van der Waals surface area contributed by atoms with E-state index in [0.29, 0.717) is 24.2 Å². The minimum Gasteiger partial charge on any atom is -0.410 e. The predicted octanol–water partition coefficient (Wildman–Crippen LogP) is 5.33. The van der Waals surface area contributed by atoms with Crippen molar-refractivity contribution in [2.45, 2.75) is 26.9 Å². The molecule has 1 aliphatic rings. The van der Waals surface area contributed by atoms with Crippen molar-refractivity contribution in [2.75, 3.05) is 0 Å². The first-order valence-electron chi connectivity index (χ1n) is 10.3. The molecule has 4 aromatic rings. The van der Waals surface area contributed by atoms with Gasteiger partial charge in [-0.3, -0.25) is 9.69 Å². The van der Waals surface area contributed by atoms with Gasteiger partial charge in [0.15, 0.2) is 0 Å². The number of carbonyl (C=O) groups is 1. The largest absolute Gasteiger partial charge is 0.415 e. The lowest BCUT2D eigenvalue weighted by Crippen LogP contribution is -2.28. The molecule has 0 bridgehead atoms. The molecular formula is C26H22N2O3. The van der Waals surface area contributed by atoms with Crippen LogP contribution in [0, 0.1) is 13.8 Å². The molecule has 3 aromatic carbocycles. The first kappa shape index (κ1) is 19.1. The second kappa shape index (κ2) is 7.43. The number of aromatic nitrogens is 1. The third-order valence-corrected chi connectivity index (χ3v) is 5.77. The van der Waals surface area contributed by atoms with Gasteiger partial charge in [0.25, 0.3) is 5.56 Å². The summed E-state index contributed by atoms with van der Waals surface area (Å²) >= 11 is 0. The van der Waals surface area contributed by atoms with E-state index in [9.17, 15) is 9.59 Å². The molecular weight excluding hydrogens is 388 g/mol. The summed E-state index contributed by atoms with van der Waals surface area (Å²) < 4.78 is 5.61. The van der Waals surface area contributed by atoms with Gasteiger partial charge in [-0.05, 0) is 54.1 Å². The Bertz CT molecular complexity index is 1370. The van der Waals surface area contributed by atoms with Crippen LogP contribution in [0.2, 0.25) is 0 Å². The van der Waals surface area contributed by atoms with Crippen LogP contribution in [-0.4, -0.2) is 16.0 Å². The van der Waals surface area contributed by atoms with Crippen LogP contribution in [0.15, 0.2) is 71.7 Å². The molecule has 1 N–H and O–H groups in total. The van der Waals surface area contributed by atoms with Gasteiger partial charge in [0.05, 0.1) is 0 Å². The monoisotopic (exact) mass is 410 g/mol. The van der Waals surface area contributed by atoms with Crippen molar-refractivity contribution >= 4 is 16.9 Å². The maximum atomic E-state index is 12.6. The van der Waals surface area contributed by atoms with Crippen molar-refractivity contribution < 1.29 is 9.53 Å². The zero-order chi connectivity index (χ0) is 21.5. The number of ether oxygens (including phenoxy) is 1. The number of hydrogen-bond donors (Lipinski definition) is 1. The van der Waals surface area contributed by atoms with E-state index in [1.165, 1.54) is 11.1 Å². The molecule has 0 saturated heterocycles. The van der Waals surface area contributed by atoms with Gasteiger partial charge in [-0.1, -0.05) is 53.6 Å². The topological polar surface area (TPSA) is 62.4 Å². The maximum Gasteiger partial charge on any atom is 0.415 e. The van der Waals surface area contributed by atoms with E-state index in [1.807, 2.05) is 37.3 Å². The summed E-state index contributed by atoms with van der Waals surface area (Å²) in [6.07, 6.45) is 1.38. The van der Waals surface area contributed by atoms with Crippen molar-refractivity contribution in [1.29, 1.82) is 0 Å². The van der Waals surface area contributed by atoms with Gasteiger partial charge < -0.3 is 9.72 Å². The summed E-state index contributed by atoms with van der Waals surface area (Å²) in [4.78, 5) is 29.3. The number of aryl methyl sites for hydroxylation is 2. The fourth-order valence-electron chi connectivity index (χ4n) is 4.13. The van der Waals surface area contributed by atoms with Gasteiger partial charge in [0.1, 0.15) is 5.75 Å². The highest BCUT2D eigenvalue weighted by Gasteiger charge is 2.24. The van der Waals surface area contributed by atoms with Gasteiger partial charge in [-0.25, -0.2) is 4.79 Å². The van der Waals surface area contributed by atoms with E-state index in [1.54, 1.807) is 23.2 Å². The Morgan fingerprint density at radius 3 is 2.39 bits per heavy atom. The highest BCUT2D eigenvalue weighted by molar-refractivity contribution is 5.96. The van der Waals surface area contributed by atoms with Crippen LogP contribution >= 0.6 is 0 Å². The standard InChI is InChI=1S/C26H22N2O3/c1-16-3-5-19-14-28(15-20(19)11-16)26(30)31-21-8-6-18(7-9-21)24-13-27-25(29)22-10-4-17(2)12-23(22)24/h3-13H,14-15H2,1-2H3,(H,27,29). The van der Waals surface area contributed by atoms with Gasteiger partial charge in [0.2, 0.25) is 0 Å². The van der Waals surface area contributed by atoms with Crippen molar-refractivity contribution in [3.8, 4) is 16.9 Å². The maximum absolute atomic E-state index is 12.6. The van der Waals surface area contributed by atoms with Crippen molar-refractivity contribution in [2.24, 2.45) is 0 Å². The Kier molecular flexibility index (Phi) is 4.59. The Morgan fingerprint density at radius 1 is 0.871 bits per heavy atom. The van der Waals surface area contributed by atoms with Crippen LogP contribution in [0.1, 0.15) is 22.3 Å². The van der Waals surface area contributed by atoms with E-state index in [4.69, 9.17) is 4.74 Å². The molecule has 154 valence electrons. The second-order valence-electron chi connectivity index (χ2n) is 8.10. The SMILES string of the molecule is Cc1ccc2c(c1)CN(C(=O)Oc1ccc(-c3c[nH]c(=O)c4ccc(C)cc34)cc1)C2. The number of H-pyrrole nitrogens is 1. The molecule has 0 atom stereocenters. The van der Waals surface area contributed by atoms with E-state index < -0.39 is 0 Å². The number of hydrogen-bond acceptors (Lipinski definition) is 3. The molecule has 0 saturated carbocycles. The van der Waals surface area contributed by atoms with Crippen LogP contribution in [0.3, 0.4) is 0 Å². The molecule has 1 aromatic heterocycles. The Balaban J connectivity index is 1.36. The van der Waals surface area contributed by atoms with Crippen molar-refractivity contribution in [3.05, 3.63) is 99.5 Å². The number of amides is 1. The number of carbonyl (C=O) groups excluding carboxylic acids is 1. The summed E-state index contributed by atoms with van der Waals surface area (Å²) in [5.41, 5.74) is 6.38. The van der Waals surface area contributed by atoms with Crippen LogP contribution in [0.25, 0.3) is 21.9 Å². The zero-order valence-electron chi connectivity index (χ0n) is 17.4. The van der Waals surface area contributed by atoms with Crippen LogP contribution in [0.5, 0.6) is 5.75 Å². The van der Waals surface area contributed by atoms with Gasteiger partial charge >= 0.3 is 6.09 Å². The van der Waals surface area contributed by atoms with Crippen molar-refractivity contribution in [1.82, 2.24) is 9.88 Å². The molecule has 5 rings (SSSR count). The lowest BCUT2D eigenvalue weighted by Gasteiger charge is -2.15. The smallest absolute Gasteiger partial charge is 0.410 e. The van der Waals surface area contributed by atoms with Crippen LogP contribution in [0.4, 0.5) is 4.79 Å². The first-order valence-corrected chi connectivity index (χ1v) is 10.3. The third kappa shape index (κ3) is 3.59. The molecule has 0 aliphatic carbocycles.